The molecule has 0 aliphatic rings. The van der Waals surface area contributed by atoms with Crippen LogP contribution in [0, 0.1) is 6.07 Å². The summed E-state index contributed by atoms with van der Waals surface area (Å²) in [6.07, 6.45) is 1.92. The van der Waals surface area contributed by atoms with Gasteiger partial charge in [-0.1, -0.05) is 48.5 Å². The van der Waals surface area contributed by atoms with Crippen molar-refractivity contribution >= 4 is 10.8 Å². The molecule has 2 nitrogen and oxygen atoms in total. The van der Waals surface area contributed by atoms with Crippen LogP contribution in [0.15, 0.2) is 60.8 Å². The van der Waals surface area contributed by atoms with Crippen molar-refractivity contribution < 1.29 is 27.1 Å². The van der Waals surface area contributed by atoms with Crippen molar-refractivity contribution in [2.45, 2.75) is 0 Å². The number of hydrogen-bond donors (Lipinski definition) is 1. The fourth-order valence-electron chi connectivity index (χ4n) is 1.95. The van der Waals surface area contributed by atoms with Gasteiger partial charge < -0.3 is 0 Å². The molecule has 0 bridgehead atoms. The normalized spacial score (nSPS) is 10.0. The Balaban J connectivity index is 0.00000120. The molecule has 0 amide bonds. The van der Waals surface area contributed by atoms with Crippen molar-refractivity contribution in [1.29, 1.82) is 0 Å². The van der Waals surface area contributed by atoms with Gasteiger partial charge in [0.05, 0.1) is 0 Å². The Labute approximate surface area is 122 Å². The van der Waals surface area contributed by atoms with Gasteiger partial charge in [0.25, 0.3) is 0 Å². The smallest absolute Gasteiger partial charge is 0.207 e. The molecular weight excluding hydrogens is 316 g/mol. The quantitative estimate of drug-likeness (QED) is 0.316. The van der Waals surface area contributed by atoms with Crippen LogP contribution in [0.25, 0.3) is 22.0 Å². The van der Waals surface area contributed by atoms with Gasteiger partial charge in [-0.2, -0.15) is 0 Å². The van der Waals surface area contributed by atoms with Gasteiger partial charge in [-0.05, 0) is 10.9 Å². The second kappa shape index (κ2) is 5.36. The van der Waals surface area contributed by atoms with E-state index in [0.29, 0.717) is 0 Å². The molecule has 2 N–H and O–H groups in total. The molecule has 2 aromatic carbocycles. The minimum absolute atomic E-state index is 0. The number of nitrogen functional groups attached to an aromatic ring is 1. The van der Waals surface area contributed by atoms with Crippen LogP contribution in [0.5, 0.6) is 0 Å². The first-order chi connectivity index (χ1) is 8.34. The molecule has 0 atom stereocenters. The number of fused-ring (bicyclic) bond motifs is 1. The summed E-state index contributed by atoms with van der Waals surface area (Å²) in [5.74, 6) is 6.00. The molecule has 0 aliphatic carbocycles. The fourth-order valence-corrected chi connectivity index (χ4v) is 1.95. The standard InChI is InChI=1S/C15H12N2.Ag/c16-17-11-14-9-5-4-8-13(14)10-15(17)12-6-2-1-3-7-12;/h1-9,11H,16H2;/q;+1. The molecule has 3 aromatic rings. The molecule has 0 spiro atoms. The molecule has 18 heavy (non-hydrogen) atoms. The van der Waals surface area contributed by atoms with Crippen LogP contribution in [-0.2, 0) is 22.4 Å². The zero-order valence-corrected chi connectivity index (χ0v) is 11.1. The zero-order valence-electron chi connectivity index (χ0n) is 9.60. The van der Waals surface area contributed by atoms with Crippen molar-refractivity contribution in [2.75, 3.05) is 5.84 Å². The van der Waals surface area contributed by atoms with E-state index >= 15 is 0 Å². The van der Waals surface area contributed by atoms with Crippen molar-refractivity contribution in [2.24, 2.45) is 0 Å². The molecular formula is C15H12AgN2+. The molecule has 0 aliphatic heterocycles. The Kier molecular flexibility index (Phi) is 3.82. The van der Waals surface area contributed by atoms with Crippen molar-refractivity contribution in [1.82, 2.24) is 0 Å². The minimum atomic E-state index is 0. The Morgan fingerprint density at radius 3 is 2.33 bits per heavy atom. The molecule has 0 unspecified atom stereocenters. The third kappa shape index (κ3) is 2.31. The van der Waals surface area contributed by atoms with E-state index in [-0.39, 0.29) is 22.4 Å². The summed E-state index contributed by atoms with van der Waals surface area (Å²) in [5.41, 5.74) is 1.96. The summed E-state index contributed by atoms with van der Waals surface area (Å²) in [7, 11) is 0. The maximum absolute atomic E-state index is 6.00. The van der Waals surface area contributed by atoms with E-state index in [1.807, 2.05) is 60.8 Å². The van der Waals surface area contributed by atoms with Gasteiger partial charge in [-0.25, -0.2) is 5.84 Å². The van der Waals surface area contributed by atoms with E-state index in [4.69, 9.17) is 5.84 Å². The fraction of sp³-hybridized carbons (Fsp3) is 0. The van der Waals surface area contributed by atoms with Crippen LogP contribution >= 0.6 is 0 Å². The van der Waals surface area contributed by atoms with Gasteiger partial charge in [0.15, 0.2) is 11.9 Å². The summed E-state index contributed by atoms with van der Waals surface area (Å²) >= 11 is 0. The van der Waals surface area contributed by atoms with Crippen LogP contribution in [0.4, 0.5) is 0 Å². The van der Waals surface area contributed by atoms with E-state index in [0.717, 1.165) is 22.0 Å². The van der Waals surface area contributed by atoms with Gasteiger partial charge in [0, 0.05) is 0 Å². The maximum atomic E-state index is 6.00. The topological polar surface area (TPSA) is 29.9 Å². The first-order valence-electron chi connectivity index (χ1n) is 5.52. The van der Waals surface area contributed by atoms with Crippen LogP contribution in [-0.4, -0.2) is 0 Å². The molecule has 1 aromatic heterocycles. The summed E-state index contributed by atoms with van der Waals surface area (Å²) < 4.78 is 1.62. The largest absolute Gasteiger partial charge is 1.00 e. The zero-order chi connectivity index (χ0) is 11.7. The molecule has 0 saturated heterocycles. The second-order valence-corrected chi connectivity index (χ2v) is 3.96. The van der Waals surface area contributed by atoms with Gasteiger partial charge in [0.2, 0.25) is 0 Å². The number of pyridine rings is 1. The first-order valence-corrected chi connectivity index (χ1v) is 5.52. The van der Waals surface area contributed by atoms with E-state index < -0.39 is 0 Å². The average molecular weight is 328 g/mol. The first kappa shape index (κ1) is 12.8. The molecule has 0 fully saturated rings. The van der Waals surface area contributed by atoms with E-state index in [1.165, 1.54) is 0 Å². The molecule has 1 heterocycles. The third-order valence-corrected chi connectivity index (χ3v) is 2.80. The van der Waals surface area contributed by atoms with Gasteiger partial charge in [-0.15, -0.1) is 22.2 Å². The van der Waals surface area contributed by atoms with Crippen LogP contribution in [0.2, 0.25) is 0 Å². The monoisotopic (exact) mass is 327 g/mol. The van der Waals surface area contributed by atoms with Gasteiger partial charge >= 0.3 is 22.4 Å². The number of nitrogens with two attached hydrogens (primary N) is 1. The Morgan fingerprint density at radius 2 is 1.56 bits per heavy atom. The molecule has 92 valence electrons. The maximum Gasteiger partial charge on any atom is 1.00 e. The van der Waals surface area contributed by atoms with E-state index in [9.17, 15) is 0 Å². The number of benzene rings is 2. The summed E-state index contributed by atoms with van der Waals surface area (Å²) in [5, 5.41) is 2.17. The summed E-state index contributed by atoms with van der Waals surface area (Å²) in [6.45, 7) is 0. The molecule has 0 saturated carbocycles. The summed E-state index contributed by atoms with van der Waals surface area (Å²) in [6, 6.07) is 21.5. The SMILES string of the molecule is N[n+]1cc2ccccc2[c-]c1-c1ccccc1.[Ag+]. The van der Waals surface area contributed by atoms with Crippen LogP contribution in [0.3, 0.4) is 0 Å². The summed E-state index contributed by atoms with van der Waals surface area (Å²) in [4.78, 5) is 0. The predicted molar refractivity (Wildman–Crippen MR) is 68.6 cm³/mol. The molecule has 3 rings (SSSR count). The van der Waals surface area contributed by atoms with Gasteiger partial charge in [0.1, 0.15) is 0 Å². The number of hydrogen-bond acceptors (Lipinski definition) is 1. The number of aromatic nitrogens is 1. The van der Waals surface area contributed by atoms with E-state index in [2.05, 4.69) is 6.07 Å². The number of nitrogens with zero attached hydrogens (tertiary/aromatic N) is 1. The Hall–Kier alpha value is -1.61. The van der Waals surface area contributed by atoms with Crippen molar-refractivity contribution in [3.05, 3.63) is 66.9 Å². The van der Waals surface area contributed by atoms with Crippen molar-refractivity contribution in [3.8, 4) is 11.3 Å². The molecule has 3 heteroatoms. The molecule has 0 radical (unpaired) electrons. The van der Waals surface area contributed by atoms with Crippen LogP contribution < -0.4 is 10.5 Å². The van der Waals surface area contributed by atoms with Crippen molar-refractivity contribution in [3.63, 3.8) is 0 Å². The van der Waals surface area contributed by atoms with Gasteiger partial charge in [-0.3, -0.25) is 0 Å². The number of rotatable bonds is 1. The Morgan fingerprint density at radius 1 is 0.889 bits per heavy atom. The predicted octanol–water partition coefficient (Wildman–Crippen LogP) is 2.31. The van der Waals surface area contributed by atoms with E-state index in [1.54, 1.807) is 4.68 Å². The van der Waals surface area contributed by atoms with Crippen LogP contribution in [0.1, 0.15) is 0 Å². The minimum Gasteiger partial charge on any atom is -0.207 e. The second-order valence-electron chi connectivity index (χ2n) is 3.96. The Bertz CT molecular complexity index is 666. The average Bonchev–Trinajstić information content (AvgIpc) is 2.39. The third-order valence-electron chi connectivity index (χ3n) is 2.80.